The van der Waals surface area contributed by atoms with Crippen molar-refractivity contribution >= 4 is 45.6 Å². The Kier molecular flexibility index (Phi) is 6.21. The summed E-state index contributed by atoms with van der Waals surface area (Å²) in [6.45, 7) is 2.08. The van der Waals surface area contributed by atoms with Gasteiger partial charge >= 0.3 is 0 Å². The van der Waals surface area contributed by atoms with Gasteiger partial charge in [-0.05, 0) is 16.8 Å². The molecular weight excluding hydrogens is 370 g/mol. The van der Waals surface area contributed by atoms with Crippen molar-refractivity contribution in [3.8, 4) is 11.3 Å². The molecule has 0 spiro atoms. The van der Waals surface area contributed by atoms with Gasteiger partial charge in [-0.2, -0.15) is 0 Å². The van der Waals surface area contributed by atoms with Crippen molar-refractivity contribution in [3.05, 3.63) is 47.8 Å². The summed E-state index contributed by atoms with van der Waals surface area (Å²) in [6.07, 6.45) is 0.394. The van der Waals surface area contributed by atoms with E-state index in [1.54, 1.807) is 0 Å². The quantitative estimate of drug-likeness (QED) is 0.714. The van der Waals surface area contributed by atoms with Gasteiger partial charge < -0.3 is 15.4 Å². The van der Waals surface area contributed by atoms with Crippen molar-refractivity contribution < 1.29 is 9.53 Å². The minimum Gasteiger partial charge on any atom is -0.378 e. The fourth-order valence-corrected chi connectivity index (χ4v) is 3.69. The summed E-state index contributed by atoms with van der Waals surface area (Å²) in [7, 11) is 0. The van der Waals surface area contributed by atoms with Crippen molar-refractivity contribution in [2.45, 2.75) is 12.5 Å². The Morgan fingerprint density at radius 3 is 2.92 bits per heavy atom. The van der Waals surface area contributed by atoms with Gasteiger partial charge in [0.15, 0.2) is 5.13 Å². The smallest absolute Gasteiger partial charge is 0.227 e. The van der Waals surface area contributed by atoms with E-state index in [2.05, 4.69) is 45.9 Å². The number of nitrogens with one attached hydrogen (secondary N) is 2. The number of benzene rings is 2. The number of morpholine rings is 1. The average molecular weight is 390 g/mol. The number of amides is 1. The molecular formula is C19H20ClN3O2S. The number of carbonyl (C=O) groups is 1. The summed E-state index contributed by atoms with van der Waals surface area (Å²) in [5.74, 6) is -0.0394. The minimum atomic E-state index is -0.0394. The maximum atomic E-state index is 12.2. The maximum Gasteiger partial charge on any atom is 0.227 e. The molecule has 1 amide bonds. The van der Waals surface area contributed by atoms with Gasteiger partial charge in [-0.15, -0.1) is 23.7 Å². The lowest BCUT2D eigenvalue weighted by Crippen LogP contribution is -2.43. The molecule has 0 radical (unpaired) electrons. The van der Waals surface area contributed by atoms with Gasteiger partial charge in [0.05, 0.1) is 18.9 Å². The number of carbonyl (C=O) groups excluding carboxylic acids is 1. The molecule has 1 saturated heterocycles. The van der Waals surface area contributed by atoms with Crippen LogP contribution in [0, 0.1) is 0 Å². The molecule has 1 atom stereocenters. The average Bonchev–Trinajstić information content (AvgIpc) is 3.10. The molecule has 136 valence electrons. The van der Waals surface area contributed by atoms with Crippen LogP contribution in [0.3, 0.4) is 0 Å². The normalized spacial score (nSPS) is 16.8. The van der Waals surface area contributed by atoms with E-state index in [1.165, 1.54) is 22.1 Å². The number of hydrogen-bond acceptors (Lipinski definition) is 5. The van der Waals surface area contributed by atoms with Crippen LogP contribution < -0.4 is 10.6 Å². The Hall–Kier alpha value is -1.99. The molecule has 2 N–H and O–H groups in total. The van der Waals surface area contributed by atoms with Crippen molar-refractivity contribution in [1.82, 2.24) is 10.3 Å². The number of hydrogen-bond donors (Lipinski definition) is 2. The zero-order valence-electron chi connectivity index (χ0n) is 14.1. The Bertz CT molecular complexity index is 893. The van der Waals surface area contributed by atoms with Gasteiger partial charge in [0.25, 0.3) is 0 Å². The van der Waals surface area contributed by atoms with E-state index in [0.717, 1.165) is 17.8 Å². The van der Waals surface area contributed by atoms with Crippen molar-refractivity contribution in [2.24, 2.45) is 0 Å². The Morgan fingerprint density at radius 2 is 2.12 bits per heavy atom. The summed E-state index contributed by atoms with van der Waals surface area (Å²) in [5.41, 5.74) is 1.93. The number of thiazole rings is 1. The molecule has 7 heteroatoms. The number of rotatable bonds is 4. The molecule has 0 saturated carbocycles. The summed E-state index contributed by atoms with van der Waals surface area (Å²) >= 11 is 1.45. The number of fused-ring (bicyclic) bond motifs is 1. The molecule has 1 aliphatic rings. The summed E-state index contributed by atoms with van der Waals surface area (Å²) in [5, 5.41) is 11.2. The molecule has 26 heavy (non-hydrogen) atoms. The van der Waals surface area contributed by atoms with E-state index in [-0.39, 0.29) is 24.4 Å². The predicted octanol–water partition coefficient (Wildman–Crippen LogP) is 3.70. The number of aromatic nitrogens is 1. The van der Waals surface area contributed by atoms with Crippen LogP contribution in [0.15, 0.2) is 47.8 Å². The molecule has 3 aromatic rings. The predicted molar refractivity (Wildman–Crippen MR) is 108 cm³/mol. The van der Waals surface area contributed by atoms with Crippen LogP contribution in [0.25, 0.3) is 22.0 Å². The molecule has 1 aliphatic heterocycles. The van der Waals surface area contributed by atoms with E-state index in [9.17, 15) is 4.79 Å². The van der Waals surface area contributed by atoms with Gasteiger partial charge in [0.2, 0.25) is 5.91 Å². The molecule has 1 fully saturated rings. The Morgan fingerprint density at radius 1 is 1.27 bits per heavy atom. The van der Waals surface area contributed by atoms with Crippen LogP contribution in [0.1, 0.15) is 6.42 Å². The van der Waals surface area contributed by atoms with Crippen LogP contribution in [0.2, 0.25) is 0 Å². The largest absolute Gasteiger partial charge is 0.378 e. The van der Waals surface area contributed by atoms with Crippen LogP contribution in [0.4, 0.5) is 5.13 Å². The monoisotopic (exact) mass is 389 g/mol. The first-order chi connectivity index (χ1) is 12.3. The fourth-order valence-electron chi connectivity index (χ4n) is 2.96. The minimum absolute atomic E-state index is 0. The lowest BCUT2D eigenvalue weighted by Gasteiger charge is -2.22. The van der Waals surface area contributed by atoms with Crippen LogP contribution in [-0.4, -0.2) is 36.7 Å². The van der Waals surface area contributed by atoms with Crippen molar-refractivity contribution in [1.29, 1.82) is 0 Å². The maximum absolute atomic E-state index is 12.2. The van der Waals surface area contributed by atoms with Gasteiger partial charge in [0.1, 0.15) is 0 Å². The van der Waals surface area contributed by atoms with Gasteiger partial charge in [-0.25, -0.2) is 4.98 Å². The third-order valence-electron chi connectivity index (χ3n) is 4.23. The number of nitrogens with zero attached hydrogens (tertiary/aromatic N) is 1. The standard InChI is InChI=1S/C19H19N3O2S.ClH/c23-18(10-16-11-24-8-7-20-16)22-19-21-17(12-25-19)15-6-5-13-3-1-2-4-14(13)9-15;/h1-6,9,12,16,20H,7-8,10-11H2,(H,21,22,23);1H. The highest BCUT2D eigenvalue weighted by Crippen LogP contribution is 2.27. The summed E-state index contributed by atoms with van der Waals surface area (Å²) < 4.78 is 5.37. The lowest BCUT2D eigenvalue weighted by atomic mass is 10.1. The molecule has 4 rings (SSSR count). The van der Waals surface area contributed by atoms with Crippen molar-refractivity contribution in [3.63, 3.8) is 0 Å². The van der Waals surface area contributed by atoms with Crippen LogP contribution in [-0.2, 0) is 9.53 Å². The van der Waals surface area contributed by atoms with E-state index in [4.69, 9.17) is 4.74 Å². The first-order valence-electron chi connectivity index (χ1n) is 8.33. The number of halogens is 1. The van der Waals surface area contributed by atoms with Gasteiger partial charge in [-0.3, -0.25) is 4.79 Å². The third kappa shape index (κ3) is 4.40. The van der Waals surface area contributed by atoms with E-state index >= 15 is 0 Å². The van der Waals surface area contributed by atoms with E-state index in [0.29, 0.717) is 24.8 Å². The lowest BCUT2D eigenvalue weighted by molar-refractivity contribution is -0.117. The second kappa shape index (κ2) is 8.60. The molecule has 0 bridgehead atoms. The Balaban J connectivity index is 0.00000196. The highest BCUT2D eigenvalue weighted by atomic mass is 35.5. The highest BCUT2D eigenvalue weighted by molar-refractivity contribution is 7.14. The Labute approximate surface area is 162 Å². The molecule has 0 aliphatic carbocycles. The molecule has 5 nitrogen and oxygen atoms in total. The van der Waals surface area contributed by atoms with Crippen LogP contribution >= 0.6 is 23.7 Å². The second-order valence-electron chi connectivity index (χ2n) is 6.08. The van der Waals surface area contributed by atoms with E-state index in [1.807, 2.05) is 17.5 Å². The highest BCUT2D eigenvalue weighted by Gasteiger charge is 2.17. The number of anilines is 1. The van der Waals surface area contributed by atoms with Gasteiger partial charge in [0, 0.05) is 30.0 Å². The SMILES string of the molecule is Cl.O=C(CC1COCCN1)Nc1nc(-c2ccc3ccccc3c2)cs1. The summed E-state index contributed by atoms with van der Waals surface area (Å²) in [4.78, 5) is 16.7. The first-order valence-corrected chi connectivity index (χ1v) is 9.21. The molecule has 2 aromatic carbocycles. The topological polar surface area (TPSA) is 63.2 Å². The van der Waals surface area contributed by atoms with E-state index < -0.39 is 0 Å². The van der Waals surface area contributed by atoms with Crippen LogP contribution in [0.5, 0.6) is 0 Å². The summed E-state index contributed by atoms with van der Waals surface area (Å²) in [6, 6.07) is 14.6. The van der Waals surface area contributed by atoms with Gasteiger partial charge in [-0.1, -0.05) is 36.4 Å². The second-order valence-corrected chi connectivity index (χ2v) is 6.94. The molecule has 2 heterocycles. The fraction of sp³-hybridized carbons (Fsp3) is 0.263. The number of ether oxygens (including phenoxy) is 1. The molecule has 1 unspecified atom stereocenters. The zero-order chi connectivity index (χ0) is 17.1. The first kappa shape index (κ1) is 18.8. The third-order valence-corrected chi connectivity index (χ3v) is 4.98. The zero-order valence-corrected chi connectivity index (χ0v) is 15.7. The molecule has 1 aromatic heterocycles. The van der Waals surface area contributed by atoms with Crippen molar-refractivity contribution in [2.75, 3.05) is 25.1 Å².